The van der Waals surface area contributed by atoms with E-state index in [9.17, 15) is 23.6 Å². The number of imide groups is 1. The van der Waals surface area contributed by atoms with Crippen molar-refractivity contribution >= 4 is 35.2 Å². The molecule has 1 aromatic heterocycles. The quantitative estimate of drug-likeness (QED) is 0.380. The summed E-state index contributed by atoms with van der Waals surface area (Å²) in [5.41, 5.74) is 1.49. The number of anilines is 2. The van der Waals surface area contributed by atoms with Crippen molar-refractivity contribution in [2.75, 3.05) is 16.8 Å². The molecule has 1 N–H and O–H groups in total. The summed E-state index contributed by atoms with van der Waals surface area (Å²) in [5.74, 6) is -2.09. The molecule has 1 aliphatic rings. The molecule has 1 aliphatic heterocycles. The highest BCUT2D eigenvalue weighted by Gasteiger charge is 2.46. The predicted octanol–water partition coefficient (Wildman–Crippen LogP) is 3.76. The SMILES string of the molecule is CCOC(=O)c1ccc(NC(=O)CC2C(=O)N(c3ccc(F)cc3)C(=O)N2Cc2ccccn2)cc1. The summed E-state index contributed by atoms with van der Waals surface area (Å²) in [5, 5.41) is 2.68. The number of rotatable bonds is 8. The van der Waals surface area contributed by atoms with Gasteiger partial charge in [0.1, 0.15) is 11.9 Å². The molecule has 0 saturated carbocycles. The van der Waals surface area contributed by atoms with Crippen molar-refractivity contribution in [3.8, 4) is 0 Å². The Labute approximate surface area is 206 Å². The lowest BCUT2D eigenvalue weighted by atomic mass is 10.1. The Morgan fingerprint density at radius 2 is 1.75 bits per heavy atom. The molecule has 1 saturated heterocycles. The number of urea groups is 1. The maximum absolute atomic E-state index is 13.4. The van der Waals surface area contributed by atoms with Gasteiger partial charge >= 0.3 is 12.0 Å². The Hall–Kier alpha value is -4.60. The second kappa shape index (κ2) is 10.8. The number of hydrogen-bond donors (Lipinski definition) is 1. The number of carbonyl (C=O) groups excluding carboxylic acids is 4. The van der Waals surface area contributed by atoms with Gasteiger partial charge in [0.15, 0.2) is 0 Å². The molecule has 1 atom stereocenters. The number of carbonyl (C=O) groups is 4. The van der Waals surface area contributed by atoms with Gasteiger partial charge in [-0.1, -0.05) is 6.07 Å². The molecule has 0 spiro atoms. The zero-order valence-corrected chi connectivity index (χ0v) is 19.4. The first-order valence-electron chi connectivity index (χ1n) is 11.2. The van der Waals surface area contributed by atoms with Crippen LogP contribution in [0.3, 0.4) is 0 Å². The second-order valence-corrected chi connectivity index (χ2v) is 7.95. The minimum Gasteiger partial charge on any atom is -0.462 e. The van der Waals surface area contributed by atoms with E-state index in [-0.39, 0.29) is 25.3 Å². The van der Waals surface area contributed by atoms with Gasteiger partial charge < -0.3 is 15.0 Å². The lowest BCUT2D eigenvalue weighted by Gasteiger charge is -2.21. The minimum absolute atomic E-state index is 0.00922. The van der Waals surface area contributed by atoms with Crippen molar-refractivity contribution in [3.05, 3.63) is 90.0 Å². The third-order valence-electron chi connectivity index (χ3n) is 5.52. The minimum atomic E-state index is -1.09. The number of ether oxygens (including phenoxy) is 1. The van der Waals surface area contributed by atoms with Crippen molar-refractivity contribution < 1.29 is 28.3 Å². The van der Waals surface area contributed by atoms with Crippen LogP contribution in [0.25, 0.3) is 0 Å². The molecule has 9 nitrogen and oxygen atoms in total. The van der Waals surface area contributed by atoms with Gasteiger partial charge in [0, 0.05) is 11.9 Å². The average Bonchev–Trinajstić information content (AvgIpc) is 3.09. The summed E-state index contributed by atoms with van der Waals surface area (Å²) < 4.78 is 18.4. The molecular formula is C26H23FN4O5. The largest absolute Gasteiger partial charge is 0.462 e. The first-order chi connectivity index (χ1) is 17.4. The molecule has 4 rings (SSSR count). The molecule has 1 fully saturated rings. The van der Waals surface area contributed by atoms with Crippen LogP contribution in [0, 0.1) is 5.82 Å². The fourth-order valence-corrected chi connectivity index (χ4v) is 3.80. The standard InChI is InChI=1S/C26H23FN4O5/c1-2-36-25(34)17-6-10-19(11-7-17)29-23(32)15-22-24(33)31(21-12-8-18(27)9-13-21)26(35)30(22)16-20-5-3-4-14-28-20/h3-14,22H,2,15-16H2,1H3,(H,29,32). The number of hydrogen-bond acceptors (Lipinski definition) is 6. The molecule has 184 valence electrons. The highest BCUT2D eigenvalue weighted by Crippen LogP contribution is 2.28. The third-order valence-corrected chi connectivity index (χ3v) is 5.52. The van der Waals surface area contributed by atoms with Gasteiger partial charge in [0.2, 0.25) is 5.91 Å². The summed E-state index contributed by atoms with van der Waals surface area (Å²) in [4.78, 5) is 57.6. The van der Waals surface area contributed by atoms with Crippen LogP contribution in [0.2, 0.25) is 0 Å². The fourth-order valence-electron chi connectivity index (χ4n) is 3.80. The molecule has 3 aromatic rings. The summed E-state index contributed by atoms with van der Waals surface area (Å²) >= 11 is 0. The normalized spacial score (nSPS) is 15.2. The number of nitrogens with one attached hydrogen (secondary N) is 1. The maximum atomic E-state index is 13.4. The van der Waals surface area contributed by atoms with Crippen LogP contribution < -0.4 is 10.2 Å². The van der Waals surface area contributed by atoms with E-state index in [1.165, 1.54) is 29.2 Å². The van der Waals surface area contributed by atoms with Crippen LogP contribution >= 0.6 is 0 Å². The van der Waals surface area contributed by atoms with Gasteiger partial charge in [-0.25, -0.2) is 18.9 Å². The molecular weight excluding hydrogens is 467 g/mol. The number of nitrogens with zero attached hydrogens (tertiary/aromatic N) is 3. The van der Waals surface area contributed by atoms with E-state index < -0.39 is 35.7 Å². The Balaban J connectivity index is 1.53. The molecule has 4 amide bonds. The zero-order valence-electron chi connectivity index (χ0n) is 19.4. The molecule has 2 heterocycles. The van der Waals surface area contributed by atoms with E-state index in [1.807, 2.05) is 0 Å². The molecule has 10 heteroatoms. The van der Waals surface area contributed by atoms with Gasteiger partial charge in [-0.2, -0.15) is 0 Å². The topological polar surface area (TPSA) is 109 Å². The number of halogens is 1. The number of pyridine rings is 1. The maximum Gasteiger partial charge on any atom is 0.338 e. The van der Waals surface area contributed by atoms with Gasteiger partial charge in [0.25, 0.3) is 5.91 Å². The van der Waals surface area contributed by atoms with E-state index in [0.29, 0.717) is 16.9 Å². The zero-order chi connectivity index (χ0) is 25.7. The van der Waals surface area contributed by atoms with Crippen molar-refractivity contribution in [1.82, 2.24) is 9.88 Å². The predicted molar refractivity (Wildman–Crippen MR) is 128 cm³/mol. The van der Waals surface area contributed by atoms with Crippen LogP contribution in [-0.4, -0.2) is 46.3 Å². The molecule has 0 aliphatic carbocycles. The monoisotopic (exact) mass is 490 g/mol. The number of esters is 1. The van der Waals surface area contributed by atoms with Crippen LogP contribution in [0.1, 0.15) is 29.4 Å². The van der Waals surface area contributed by atoms with Gasteiger partial charge in [-0.15, -0.1) is 0 Å². The van der Waals surface area contributed by atoms with Crippen molar-refractivity contribution in [3.63, 3.8) is 0 Å². The van der Waals surface area contributed by atoms with E-state index in [2.05, 4.69) is 10.3 Å². The number of amides is 4. The van der Waals surface area contributed by atoms with Crippen molar-refractivity contribution in [1.29, 1.82) is 0 Å². The van der Waals surface area contributed by atoms with Crippen LogP contribution in [0.4, 0.5) is 20.6 Å². The molecule has 2 aromatic carbocycles. The lowest BCUT2D eigenvalue weighted by Crippen LogP contribution is -2.37. The van der Waals surface area contributed by atoms with Gasteiger partial charge in [0.05, 0.1) is 36.5 Å². The smallest absolute Gasteiger partial charge is 0.338 e. The molecule has 0 bridgehead atoms. The molecule has 0 radical (unpaired) electrons. The molecule has 1 unspecified atom stereocenters. The summed E-state index contributed by atoms with van der Waals surface area (Å²) in [6, 6.07) is 14.5. The van der Waals surface area contributed by atoms with E-state index in [1.54, 1.807) is 43.5 Å². The highest BCUT2D eigenvalue weighted by molar-refractivity contribution is 6.22. The van der Waals surface area contributed by atoms with E-state index >= 15 is 0 Å². The van der Waals surface area contributed by atoms with E-state index in [0.717, 1.165) is 17.0 Å². The Bertz CT molecular complexity index is 1270. The van der Waals surface area contributed by atoms with Gasteiger partial charge in [-0.3, -0.25) is 14.6 Å². The number of aromatic nitrogens is 1. The van der Waals surface area contributed by atoms with Crippen molar-refractivity contribution in [2.24, 2.45) is 0 Å². The molecule has 36 heavy (non-hydrogen) atoms. The van der Waals surface area contributed by atoms with Crippen LogP contribution in [0.15, 0.2) is 72.9 Å². The van der Waals surface area contributed by atoms with Gasteiger partial charge in [-0.05, 0) is 67.6 Å². The summed E-state index contributed by atoms with van der Waals surface area (Å²) in [6.07, 6.45) is 1.26. The van der Waals surface area contributed by atoms with Crippen LogP contribution in [0.5, 0.6) is 0 Å². The Morgan fingerprint density at radius 1 is 1.03 bits per heavy atom. The lowest BCUT2D eigenvalue weighted by molar-refractivity contribution is -0.124. The number of benzene rings is 2. The third kappa shape index (κ3) is 5.38. The first kappa shape index (κ1) is 24.5. The average molecular weight is 490 g/mol. The first-order valence-corrected chi connectivity index (χ1v) is 11.2. The van der Waals surface area contributed by atoms with E-state index in [4.69, 9.17) is 4.74 Å². The second-order valence-electron chi connectivity index (χ2n) is 7.95. The highest BCUT2D eigenvalue weighted by atomic mass is 19.1. The summed E-state index contributed by atoms with van der Waals surface area (Å²) in [6.45, 7) is 1.96. The van der Waals surface area contributed by atoms with Crippen LogP contribution in [-0.2, 0) is 20.9 Å². The van der Waals surface area contributed by atoms with Crippen molar-refractivity contribution in [2.45, 2.75) is 25.9 Å². The fraction of sp³-hybridized carbons (Fsp3) is 0.192. The Morgan fingerprint density at radius 3 is 2.39 bits per heavy atom. The Kier molecular flexibility index (Phi) is 7.33. The summed E-state index contributed by atoms with van der Waals surface area (Å²) in [7, 11) is 0.